The van der Waals surface area contributed by atoms with E-state index in [-0.39, 0.29) is 30.1 Å². The molecule has 0 aliphatic rings. The van der Waals surface area contributed by atoms with Crippen LogP contribution in [-0.2, 0) is 16.0 Å². The van der Waals surface area contributed by atoms with Crippen LogP contribution in [0.2, 0.25) is 0 Å². The zero-order valence-electron chi connectivity index (χ0n) is 13.4. The van der Waals surface area contributed by atoms with Crippen LogP contribution in [0, 0.1) is 0 Å². The van der Waals surface area contributed by atoms with E-state index in [1.54, 1.807) is 0 Å². The summed E-state index contributed by atoms with van der Waals surface area (Å²) in [6.45, 7) is 1.52. The predicted octanol–water partition coefficient (Wildman–Crippen LogP) is 1.35. The van der Waals surface area contributed by atoms with Crippen LogP contribution in [0.4, 0.5) is 5.82 Å². The van der Waals surface area contributed by atoms with E-state index in [4.69, 9.17) is 10.5 Å². The van der Waals surface area contributed by atoms with Crippen LogP contribution in [0.3, 0.4) is 0 Å². The second kappa shape index (κ2) is 8.61. The number of benzene rings is 1. The highest BCUT2D eigenvalue weighted by Crippen LogP contribution is 2.06. The van der Waals surface area contributed by atoms with Crippen molar-refractivity contribution in [1.29, 1.82) is 0 Å². The number of carbonyl (C=O) groups is 2. The second-order valence-electron chi connectivity index (χ2n) is 5.36. The van der Waals surface area contributed by atoms with Gasteiger partial charge in [0.05, 0.1) is 0 Å². The smallest absolute Gasteiger partial charge is 0.361 e. The molecule has 1 aromatic heterocycles. The predicted molar refractivity (Wildman–Crippen MR) is 89.1 cm³/mol. The van der Waals surface area contributed by atoms with Crippen LogP contribution in [0.15, 0.2) is 42.7 Å². The van der Waals surface area contributed by atoms with E-state index in [2.05, 4.69) is 15.3 Å². The number of aryl methyl sites for hydroxylation is 1. The van der Waals surface area contributed by atoms with E-state index in [0.29, 0.717) is 0 Å². The first-order valence-electron chi connectivity index (χ1n) is 7.63. The molecular formula is C17H20N4O3. The number of anilines is 1. The third-order valence-corrected chi connectivity index (χ3v) is 3.37. The average molecular weight is 328 g/mol. The van der Waals surface area contributed by atoms with Gasteiger partial charge in [-0.05, 0) is 25.3 Å². The van der Waals surface area contributed by atoms with Crippen molar-refractivity contribution in [3.63, 3.8) is 0 Å². The third kappa shape index (κ3) is 5.35. The SMILES string of the molecule is C[C@@H](CCc1ccccc1)NC(=O)COC(=O)c1nccnc1N. The molecule has 1 aromatic carbocycles. The van der Waals surface area contributed by atoms with Crippen molar-refractivity contribution in [2.75, 3.05) is 12.3 Å². The summed E-state index contributed by atoms with van der Waals surface area (Å²) in [6, 6.07) is 9.99. The largest absolute Gasteiger partial charge is 0.451 e. The van der Waals surface area contributed by atoms with Gasteiger partial charge in [-0.1, -0.05) is 30.3 Å². The van der Waals surface area contributed by atoms with Crippen molar-refractivity contribution >= 4 is 17.7 Å². The number of hydrogen-bond acceptors (Lipinski definition) is 6. The lowest BCUT2D eigenvalue weighted by Crippen LogP contribution is -2.36. The van der Waals surface area contributed by atoms with Gasteiger partial charge in [0.25, 0.3) is 5.91 Å². The minimum atomic E-state index is -0.771. The molecule has 0 unspecified atom stereocenters. The van der Waals surface area contributed by atoms with Crippen molar-refractivity contribution in [2.24, 2.45) is 0 Å². The quantitative estimate of drug-likeness (QED) is 0.743. The Kier molecular flexibility index (Phi) is 6.24. The summed E-state index contributed by atoms with van der Waals surface area (Å²) in [7, 11) is 0. The average Bonchev–Trinajstić information content (AvgIpc) is 2.59. The normalized spacial score (nSPS) is 11.5. The molecule has 0 saturated heterocycles. The van der Waals surface area contributed by atoms with Gasteiger partial charge >= 0.3 is 5.97 Å². The van der Waals surface area contributed by atoms with Gasteiger partial charge in [-0.2, -0.15) is 0 Å². The van der Waals surface area contributed by atoms with Crippen molar-refractivity contribution in [1.82, 2.24) is 15.3 Å². The molecular weight excluding hydrogens is 308 g/mol. The van der Waals surface area contributed by atoms with Crippen molar-refractivity contribution in [3.05, 3.63) is 54.0 Å². The number of amides is 1. The lowest BCUT2D eigenvalue weighted by molar-refractivity contribution is -0.124. The molecule has 0 aliphatic heterocycles. The minimum Gasteiger partial charge on any atom is -0.451 e. The number of aromatic nitrogens is 2. The topological polar surface area (TPSA) is 107 Å². The molecule has 0 spiro atoms. The highest BCUT2D eigenvalue weighted by molar-refractivity contribution is 5.93. The van der Waals surface area contributed by atoms with Gasteiger partial charge in [0, 0.05) is 18.4 Å². The van der Waals surface area contributed by atoms with Crippen molar-refractivity contribution in [2.45, 2.75) is 25.8 Å². The van der Waals surface area contributed by atoms with E-state index >= 15 is 0 Å². The van der Waals surface area contributed by atoms with E-state index in [9.17, 15) is 9.59 Å². The van der Waals surface area contributed by atoms with E-state index in [0.717, 1.165) is 12.8 Å². The number of nitrogens with two attached hydrogens (primary N) is 1. The van der Waals surface area contributed by atoms with Gasteiger partial charge < -0.3 is 15.8 Å². The van der Waals surface area contributed by atoms with Crippen LogP contribution in [-0.4, -0.2) is 34.5 Å². The number of ether oxygens (including phenoxy) is 1. The molecule has 3 N–H and O–H groups in total. The summed E-state index contributed by atoms with van der Waals surface area (Å²) in [5.41, 5.74) is 6.64. The molecule has 1 heterocycles. The molecule has 1 amide bonds. The molecule has 0 fully saturated rings. The fourth-order valence-electron chi connectivity index (χ4n) is 2.12. The zero-order chi connectivity index (χ0) is 17.4. The van der Waals surface area contributed by atoms with E-state index < -0.39 is 5.97 Å². The Labute approximate surface area is 140 Å². The van der Waals surface area contributed by atoms with Crippen molar-refractivity contribution < 1.29 is 14.3 Å². The number of hydrogen-bond donors (Lipinski definition) is 2. The molecule has 1 atom stereocenters. The zero-order valence-corrected chi connectivity index (χ0v) is 13.4. The maximum Gasteiger partial charge on any atom is 0.361 e. The second-order valence-corrected chi connectivity index (χ2v) is 5.36. The summed E-state index contributed by atoms with van der Waals surface area (Å²) in [5.74, 6) is -1.17. The lowest BCUT2D eigenvalue weighted by Gasteiger charge is -2.14. The van der Waals surface area contributed by atoms with Gasteiger partial charge in [0.15, 0.2) is 18.1 Å². The Bertz CT molecular complexity index is 691. The Morgan fingerprint density at radius 2 is 1.92 bits per heavy atom. The molecule has 0 bridgehead atoms. The summed E-state index contributed by atoms with van der Waals surface area (Å²) < 4.78 is 4.90. The Hall–Kier alpha value is -2.96. The molecule has 0 saturated carbocycles. The Morgan fingerprint density at radius 1 is 1.21 bits per heavy atom. The summed E-state index contributed by atoms with van der Waals surface area (Å²) >= 11 is 0. The first kappa shape index (κ1) is 17.4. The molecule has 24 heavy (non-hydrogen) atoms. The number of nitrogens with zero attached hydrogens (tertiary/aromatic N) is 2. The van der Waals surface area contributed by atoms with Crippen LogP contribution in [0.25, 0.3) is 0 Å². The fraction of sp³-hybridized carbons (Fsp3) is 0.294. The van der Waals surface area contributed by atoms with Gasteiger partial charge in [-0.3, -0.25) is 4.79 Å². The highest BCUT2D eigenvalue weighted by atomic mass is 16.5. The van der Waals surface area contributed by atoms with Crippen LogP contribution in [0.5, 0.6) is 0 Å². The third-order valence-electron chi connectivity index (χ3n) is 3.37. The Morgan fingerprint density at radius 3 is 2.62 bits per heavy atom. The van der Waals surface area contributed by atoms with Crippen LogP contribution < -0.4 is 11.1 Å². The maximum atomic E-state index is 11.8. The fourth-order valence-corrected chi connectivity index (χ4v) is 2.12. The molecule has 2 rings (SSSR count). The molecule has 7 nitrogen and oxygen atoms in total. The number of nitrogens with one attached hydrogen (secondary N) is 1. The minimum absolute atomic E-state index is 0.0286. The summed E-state index contributed by atoms with van der Waals surface area (Å²) in [6.07, 6.45) is 4.35. The monoisotopic (exact) mass is 328 g/mol. The van der Waals surface area contributed by atoms with Crippen LogP contribution >= 0.6 is 0 Å². The standard InChI is InChI=1S/C17H20N4O3/c1-12(7-8-13-5-3-2-4-6-13)21-14(22)11-24-17(23)15-16(18)20-10-9-19-15/h2-6,9-10,12H,7-8,11H2,1H3,(H2,18,20)(H,21,22)/t12-/m0/s1. The number of esters is 1. The number of carbonyl (C=O) groups excluding carboxylic acids is 2. The Balaban J connectivity index is 1.72. The highest BCUT2D eigenvalue weighted by Gasteiger charge is 2.16. The van der Waals surface area contributed by atoms with Gasteiger partial charge in [0.1, 0.15) is 0 Å². The summed E-state index contributed by atoms with van der Waals surface area (Å²) in [4.78, 5) is 31.1. The number of nitrogen functional groups attached to an aromatic ring is 1. The van der Waals surface area contributed by atoms with Crippen molar-refractivity contribution in [3.8, 4) is 0 Å². The van der Waals surface area contributed by atoms with Gasteiger partial charge in [0.2, 0.25) is 0 Å². The molecule has 0 radical (unpaired) electrons. The number of rotatable bonds is 7. The molecule has 126 valence electrons. The van der Waals surface area contributed by atoms with Gasteiger partial charge in [-0.15, -0.1) is 0 Å². The maximum absolute atomic E-state index is 11.8. The summed E-state index contributed by atoms with van der Waals surface area (Å²) in [5, 5.41) is 2.79. The lowest BCUT2D eigenvalue weighted by atomic mass is 10.1. The van der Waals surface area contributed by atoms with Crippen LogP contribution in [0.1, 0.15) is 29.4 Å². The van der Waals surface area contributed by atoms with Gasteiger partial charge in [-0.25, -0.2) is 14.8 Å². The van der Waals surface area contributed by atoms with E-state index in [1.165, 1.54) is 18.0 Å². The molecule has 7 heteroatoms. The first-order valence-corrected chi connectivity index (χ1v) is 7.63. The van der Waals surface area contributed by atoms with E-state index in [1.807, 2.05) is 37.3 Å². The molecule has 0 aliphatic carbocycles. The first-order chi connectivity index (χ1) is 11.6. The molecule has 2 aromatic rings.